The normalized spacial score (nSPS) is 16.7. The first-order valence-corrected chi connectivity index (χ1v) is 6.85. The van der Waals surface area contributed by atoms with E-state index in [0.717, 1.165) is 18.7 Å². The third-order valence-electron chi connectivity index (χ3n) is 3.30. The first-order valence-electron chi connectivity index (χ1n) is 6.85. The Bertz CT molecular complexity index is 433. The number of rotatable bonds is 4. The smallest absolute Gasteiger partial charge is 0.254 e. The minimum Gasteiger partial charge on any atom is -0.294 e. The van der Waals surface area contributed by atoms with Crippen molar-refractivity contribution in [1.29, 1.82) is 0 Å². The van der Waals surface area contributed by atoms with Crippen LogP contribution in [0.5, 0.6) is 0 Å². The number of piperidine rings is 1. The van der Waals surface area contributed by atoms with Crippen LogP contribution in [0.1, 0.15) is 30.4 Å². The van der Waals surface area contributed by atoms with Gasteiger partial charge in [0.05, 0.1) is 12.8 Å². The molecule has 1 aliphatic heterocycles. The summed E-state index contributed by atoms with van der Waals surface area (Å²) < 4.78 is 0. The van der Waals surface area contributed by atoms with Gasteiger partial charge >= 0.3 is 0 Å². The molecule has 4 nitrogen and oxygen atoms in total. The Labute approximate surface area is 114 Å². The number of carbonyl (C=O) groups is 1. The molecule has 1 heterocycles. The lowest BCUT2D eigenvalue weighted by Crippen LogP contribution is -2.38. The quantitative estimate of drug-likeness (QED) is 0.663. The molecule has 1 aromatic rings. The van der Waals surface area contributed by atoms with Crippen molar-refractivity contribution in [3.63, 3.8) is 0 Å². The van der Waals surface area contributed by atoms with Crippen molar-refractivity contribution in [3.8, 4) is 0 Å². The minimum absolute atomic E-state index is 0.0368. The second kappa shape index (κ2) is 7.04. The van der Waals surface area contributed by atoms with E-state index in [-0.39, 0.29) is 5.91 Å². The molecule has 0 aliphatic carbocycles. The predicted octanol–water partition coefficient (Wildman–Crippen LogP) is 1.93. The van der Waals surface area contributed by atoms with Crippen LogP contribution in [0.2, 0.25) is 0 Å². The maximum Gasteiger partial charge on any atom is 0.254 e. The Morgan fingerprint density at radius 2 is 1.95 bits per heavy atom. The monoisotopic (exact) mass is 259 g/mol. The maximum atomic E-state index is 11.7. The summed E-state index contributed by atoms with van der Waals surface area (Å²) in [7, 11) is 0. The lowest BCUT2D eigenvalue weighted by molar-refractivity contribution is -0.122. The van der Waals surface area contributed by atoms with Gasteiger partial charge in [-0.3, -0.25) is 9.69 Å². The van der Waals surface area contributed by atoms with E-state index in [1.165, 1.54) is 24.8 Å². The zero-order valence-electron chi connectivity index (χ0n) is 11.4. The van der Waals surface area contributed by atoms with Gasteiger partial charge < -0.3 is 0 Å². The number of hydrogen-bond donors (Lipinski definition) is 1. The fourth-order valence-electron chi connectivity index (χ4n) is 2.19. The molecule has 0 saturated carbocycles. The van der Waals surface area contributed by atoms with Crippen molar-refractivity contribution < 1.29 is 4.79 Å². The van der Waals surface area contributed by atoms with E-state index in [0.29, 0.717) is 6.54 Å². The molecular weight excluding hydrogens is 238 g/mol. The van der Waals surface area contributed by atoms with Gasteiger partial charge in [0.15, 0.2) is 0 Å². The fourth-order valence-corrected chi connectivity index (χ4v) is 2.19. The third kappa shape index (κ3) is 4.83. The lowest BCUT2D eigenvalue weighted by atomic mass is 10.1. The fraction of sp³-hybridized carbons (Fsp3) is 0.467. The van der Waals surface area contributed by atoms with Crippen LogP contribution in [0.3, 0.4) is 0 Å². The first kappa shape index (κ1) is 13.7. The maximum absolute atomic E-state index is 11.7. The number of nitrogens with one attached hydrogen (secondary N) is 1. The zero-order chi connectivity index (χ0) is 13.5. The van der Waals surface area contributed by atoms with E-state index in [1.807, 2.05) is 31.2 Å². The molecule has 0 aromatic heterocycles. The highest BCUT2D eigenvalue weighted by Gasteiger charge is 2.12. The summed E-state index contributed by atoms with van der Waals surface area (Å²) in [5.41, 5.74) is 4.79. The summed E-state index contributed by atoms with van der Waals surface area (Å²) in [6, 6.07) is 8.01. The van der Waals surface area contributed by atoms with Crippen LogP contribution < -0.4 is 5.43 Å². The zero-order valence-corrected chi connectivity index (χ0v) is 11.4. The van der Waals surface area contributed by atoms with Gasteiger partial charge in [-0.05, 0) is 38.4 Å². The average Bonchev–Trinajstić information content (AvgIpc) is 2.42. The first-order chi connectivity index (χ1) is 9.24. The molecule has 19 heavy (non-hydrogen) atoms. The van der Waals surface area contributed by atoms with Gasteiger partial charge in [0.2, 0.25) is 0 Å². The molecular formula is C15H21N3O. The van der Waals surface area contributed by atoms with Crippen molar-refractivity contribution in [2.45, 2.75) is 26.2 Å². The molecule has 2 rings (SSSR count). The lowest BCUT2D eigenvalue weighted by Gasteiger charge is -2.25. The van der Waals surface area contributed by atoms with Crippen molar-refractivity contribution in [2.24, 2.45) is 5.10 Å². The van der Waals surface area contributed by atoms with E-state index < -0.39 is 0 Å². The molecule has 0 unspecified atom stereocenters. The van der Waals surface area contributed by atoms with Crippen molar-refractivity contribution in [1.82, 2.24) is 10.3 Å². The third-order valence-corrected chi connectivity index (χ3v) is 3.30. The van der Waals surface area contributed by atoms with Gasteiger partial charge in [-0.25, -0.2) is 5.43 Å². The number of hydrogen-bond acceptors (Lipinski definition) is 3. The van der Waals surface area contributed by atoms with Gasteiger partial charge in [-0.15, -0.1) is 0 Å². The van der Waals surface area contributed by atoms with E-state index in [1.54, 1.807) is 6.21 Å². The Morgan fingerprint density at radius 1 is 1.26 bits per heavy atom. The Hall–Kier alpha value is -1.68. The number of amides is 1. The molecule has 1 fully saturated rings. The van der Waals surface area contributed by atoms with E-state index in [9.17, 15) is 4.79 Å². The van der Waals surface area contributed by atoms with Crippen LogP contribution >= 0.6 is 0 Å². The molecule has 1 N–H and O–H groups in total. The number of nitrogens with zero attached hydrogens (tertiary/aromatic N) is 2. The topological polar surface area (TPSA) is 44.7 Å². The standard InChI is InChI=1S/C15H21N3O/c1-13-5-7-14(8-6-13)11-16-17-15(19)12-18-9-3-2-4-10-18/h5-8,11H,2-4,9-10,12H2,1H3,(H,17,19)/b16-11-. The number of aryl methyl sites for hydroxylation is 1. The summed E-state index contributed by atoms with van der Waals surface area (Å²) >= 11 is 0. The Morgan fingerprint density at radius 3 is 2.63 bits per heavy atom. The predicted molar refractivity (Wildman–Crippen MR) is 77.2 cm³/mol. The number of hydrazone groups is 1. The van der Waals surface area contributed by atoms with E-state index >= 15 is 0 Å². The SMILES string of the molecule is Cc1ccc(/C=N\NC(=O)CN2CCCCC2)cc1. The van der Waals surface area contributed by atoms with Gasteiger partial charge in [-0.1, -0.05) is 36.2 Å². The molecule has 1 aromatic carbocycles. The highest BCUT2D eigenvalue weighted by molar-refractivity contribution is 5.83. The molecule has 4 heteroatoms. The number of likely N-dealkylation sites (tertiary alicyclic amines) is 1. The molecule has 1 aliphatic rings. The van der Waals surface area contributed by atoms with Crippen molar-refractivity contribution in [3.05, 3.63) is 35.4 Å². The largest absolute Gasteiger partial charge is 0.294 e. The average molecular weight is 259 g/mol. The van der Waals surface area contributed by atoms with Crippen molar-refractivity contribution >= 4 is 12.1 Å². The van der Waals surface area contributed by atoms with Crippen molar-refractivity contribution in [2.75, 3.05) is 19.6 Å². The van der Waals surface area contributed by atoms with Crippen LogP contribution in [0, 0.1) is 6.92 Å². The van der Waals surface area contributed by atoms with Crippen LogP contribution in [0.25, 0.3) is 0 Å². The molecule has 1 amide bonds. The van der Waals surface area contributed by atoms with Crippen LogP contribution in [0.4, 0.5) is 0 Å². The highest BCUT2D eigenvalue weighted by atomic mass is 16.2. The second-order valence-corrected chi connectivity index (χ2v) is 5.04. The van der Waals surface area contributed by atoms with E-state index in [2.05, 4.69) is 15.4 Å². The summed E-state index contributed by atoms with van der Waals surface area (Å²) in [5, 5.41) is 3.99. The molecule has 0 spiro atoms. The Kier molecular flexibility index (Phi) is 5.10. The van der Waals surface area contributed by atoms with E-state index in [4.69, 9.17) is 0 Å². The van der Waals surface area contributed by atoms with Gasteiger partial charge in [0.25, 0.3) is 5.91 Å². The van der Waals surface area contributed by atoms with Crippen LogP contribution in [-0.2, 0) is 4.79 Å². The van der Waals surface area contributed by atoms with Gasteiger partial charge in [0.1, 0.15) is 0 Å². The van der Waals surface area contributed by atoms with Gasteiger partial charge in [0, 0.05) is 0 Å². The minimum atomic E-state index is -0.0368. The Balaban J connectivity index is 1.74. The van der Waals surface area contributed by atoms with Crippen LogP contribution in [-0.4, -0.2) is 36.7 Å². The van der Waals surface area contributed by atoms with Crippen LogP contribution in [0.15, 0.2) is 29.4 Å². The molecule has 0 bridgehead atoms. The summed E-state index contributed by atoms with van der Waals surface area (Å²) in [6.45, 7) is 4.54. The molecule has 1 saturated heterocycles. The molecule has 102 valence electrons. The summed E-state index contributed by atoms with van der Waals surface area (Å²) in [5.74, 6) is -0.0368. The highest BCUT2D eigenvalue weighted by Crippen LogP contribution is 2.07. The second-order valence-electron chi connectivity index (χ2n) is 5.04. The number of benzene rings is 1. The molecule has 0 atom stereocenters. The van der Waals surface area contributed by atoms with Gasteiger partial charge in [-0.2, -0.15) is 5.10 Å². The molecule has 0 radical (unpaired) electrons. The summed E-state index contributed by atoms with van der Waals surface area (Å²) in [6.07, 6.45) is 5.34. The number of carbonyl (C=O) groups excluding carboxylic acids is 1. The summed E-state index contributed by atoms with van der Waals surface area (Å²) in [4.78, 5) is 13.9.